The topological polar surface area (TPSA) is 122 Å². The number of nitrogens with zero attached hydrogens (tertiary/aromatic N) is 3. The largest absolute Gasteiger partial charge is 0.391 e. The van der Waals surface area contributed by atoms with E-state index in [9.17, 15) is 24.3 Å². The van der Waals surface area contributed by atoms with Gasteiger partial charge in [-0.3, -0.25) is 19.2 Å². The van der Waals surface area contributed by atoms with E-state index in [4.69, 9.17) is 0 Å². The summed E-state index contributed by atoms with van der Waals surface area (Å²) in [6.07, 6.45) is 29.2. The zero-order valence-electron chi connectivity index (χ0n) is 35.3. The fourth-order valence-corrected chi connectivity index (χ4v) is 7.94. The van der Waals surface area contributed by atoms with Crippen LogP contribution in [0.5, 0.6) is 0 Å². The number of amides is 4. The third-order valence-corrected chi connectivity index (χ3v) is 12.5. The number of nitrogens with one attached hydrogen (secondary N) is 2. The van der Waals surface area contributed by atoms with Crippen LogP contribution in [0.4, 0.5) is 0 Å². The van der Waals surface area contributed by atoms with E-state index in [0.29, 0.717) is 30.4 Å². The number of carbonyl (C=O) groups is 4. The second kappa shape index (κ2) is 25.2. The first-order valence-electron chi connectivity index (χ1n) is 21.9. The van der Waals surface area contributed by atoms with Gasteiger partial charge in [-0.1, -0.05) is 108 Å². The lowest BCUT2D eigenvalue weighted by molar-refractivity contribution is -0.139. The Hall–Kier alpha value is -3.14. The Balaban J connectivity index is 0.000000358. The van der Waals surface area contributed by atoms with Crippen molar-refractivity contribution in [1.82, 2.24) is 25.3 Å². The quantitative estimate of drug-likeness (QED) is 0.109. The fraction of sp³-hybridized carbons (Fsp3) is 0.778. The van der Waals surface area contributed by atoms with Crippen molar-refractivity contribution in [2.45, 2.75) is 167 Å². The summed E-state index contributed by atoms with van der Waals surface area (Å²) in [5.74, 6) is 0.886. The number of β-amino-alcohol motifs (C(OH)–C–C–N with tert-alkyl or cyclic N) is 1. The second-order valence-electron chi connectivity index (χ2n) is 17.1. The van der Waals surface area contributed by atoms with Gasteiger partial charge in [-0.15, -0.1) is 6.58 Å². The maximum Gasteiger partial charge on any atom is 0.248 e. The fourth-order valence-electron chi connectivity index (χ4n) is 7.94. The molecule has 5 unspecified atom stereocenters. The van der Waals surface area contributed by atoms with E-state index in [1.165, 1.54) is 106 Å². The number of fused-ring (bicyclic) bond motifs is 1. The molecule has 10 heteroatoms. The Morgan fingerprint density at radius 3 is 2.09 bits per heavy atom. The SMILES string of the molecule is C1CCC1.C1CCC1.C=CCC/C=C(\CCC(=O)N1CC(O)C[C@H]1C(=O)NCC(=O)N(C)CC1CCCCC1C)C(=O)N(C)C.CC1=CNC2CCCCC12. The van der Waals surface area contributed by atoms with Crippen LogP contribution in [0, 0.1) is 17.8 Å². The number of hydrogen-bond acceptors (Lipinski definition) is 6. The lowest BCUT2D eigenvalue weighted by atomic mass is 9.80. The summed E-state index contributed by atoms with van der Waals surface area (Å²) in [7, 11) is 5.09. The first-order valence-corrected chi connectivity index (χ1v) is 21.9. The molecule has 5 fully saturated rings. The van der Waals surface area contributed by atoms with E-state index in [1.807, 2.05) is 6.08 Å². The van der Waals surface area contributed by atoms with Crippen LogP contribution in [-0.2, 0) is 19.2 Å². The van der Waals surface area contributed by atoms with Crippen molar-refractivity contribution in [1.29, 1.82) is 0 Å². The van der Waals surface area contributed by atoms with Crippen molar-refractivity contribution in [3.8, 4) is 0 Å². The van der Waals surface area contributed by atoms with Gasteiger partial charge in [-0.05, 0) is 63.5 Å². The summed E-state index contributed by atoms with van der Waals surface area (Å²) in [5.41, 5.74) is 2.12. The molecule has 1 saturated heterocycles. The minimum atomic E-state index is -0.836. The Morgan fingerprint density at radius 1 is 0.891 bits per heavy atom. The monoisotopic (exact) mass is 768 g/mol. The number of allylic oxidation sites excluding steroid dienone is 2. The first kappa shape index (κ1) is 46.2. The Kier molecular flexibility index (Phi) is 21.2. The molecule has 0 spiro atoms. The zero-order chi connectivity index (χ0) is 40.2. The van der Waals surface area contributed by atoms with Gasteiger partial charge in [0, 0.05) is 64.6 Å². The van der Waals surface area contributed by atoms with Gasteiger partial charge >= 0.3 is 0 Å². The van der Waals surface area contributed by atoms with Crippen molar-refractivity contribution in [2.75, 3.05) is 40.8 Å². The van der Waals surface area contributed by atoms with Crippen molar-refractivity contribution >= 4 is 23.6 Å². The van der Waals surface area contributed by atoms with Crippen LogP contribution in [0.2, 0.25) is 0 Å². The summed E-state index contributed by atoms with van der Waals surface area (Å²) in [6, 6.07) is -0.0366. The molecule has 0 aromatic rings. The molecule has 55 heavy (non-hydrogen) atoms. The van der Waals surface area contributed by atoms with Gasteiger partial charge in [-0.25, -0.2) is 0 Å². The summed E-state index contributed by atoms with van der Waals surface area (Å²) in [5, 5.41) is 16.3. The Bertz CT molecular complexity index is 1260. The summed E-state index contributed by atoms with van der Waals surface area (Å²) in [4.78, 5) is 55.6. The molecule has 0 aromatic carbocycles. The van der Waals surface area contributed by atoms with Gasteiger partial charge in [0.2, 0.25) is 23.6 Å². The molecule has 6 aliphatic rings. The predicted molar refractivity (Wildman–Crippen MR) is 223 cm³/mol. The van der Waals surface area contributed by atoms with Crippen LogP contribution in [0.1, 0.15) is 149 Å². The maximum absolute atomic E-state index is 13.0. The molecule has 0 bridgehead atoms. The van der Waals surface area contributed by atoms with Gasteiger partial charge in [0.05, 0.1) is 12.6 Å². The summed E-state index contributed by atoms with van der Waals surface area (Å²) < 4.78 is 0. The molecule has 6 atom stereocenters. The maximum atomic E-state index is 13.0. The van der Waals surface area contributed by atoms with Crippen molar-refractivity contribution < 1.29 is 24.3 Å². The molecular weight excluding hydrogens is 691 g/mol. The smallest absolute Gasteiger partial charge is 0.248 e. The van der Waals surface area contributed by atoms with Crippen molar-refractivity contribution in [3.05, 3.63) is 36.1 Å². The molecule has 4 saturated carbocycles. The highest BCUT2D eigenvalue weighted by molar-refractivity contribution is 5.94. The van der Waals surface area contributed by atoms with Crippen LogP contribution in [-0.4, -0.2) is 102 Å². The average Bonchev–Trinajstić information content (AvgIpc) is 3.70. The van der Waals surface area contributed by atoms with Gasteiger partial charge in [0.25, 0.3) is 0 Å². The van der Waals surface area contributed by atoms with E-state index in [-0.39, 0.29) is 50.1 Å². The highest BCUT2D eigenvalue weighted by atomic mass is 16.3. The van der Waals surface area contributed by atoms with Crippen molar-refractivity contribution in [3.63, 3.8) is 0 Å². The van der Waals surface area contributed by atoms with E-state index in [0.717, 1.165) is 24.8 Å². The Morgan fingerprint density at radius 2 is 1.51 bits per heavy atom. The van der Waals surface area contributed by atoms with Crippen LogP contribution in [0.25, 0.3) is 0 Å². The minimum absolute atomic E-state index is 0.0528. The standard InChI is InChI=1S/C28H46N4O5.C9H15N.2C4H8/c1-6-7-8-12-21(28(37)30(3)4)14-15-25(34)32-19-23(33)16-24(32)27(36)29-17-26(35)31(5)18-22-13-10-9-11-20(22)2;1-7-6-10-9-5-3-2-4-8(7)9;2*1-2-4-3-1/h6,12,20,22-24,33H,1,7-11,13-19H2,2-5H3,(H,29,36);6,8-10H,2-5H2,1H3;2*1-4H2/b21-12+;;;/t20?,22?,23?,24-;;;/m0.../s1. The molecule has 0 aromatic heterocycles. The lowest BCUT2D eigenvalue weighted by Crippen LogP contribution is -2.49. The molecule has 2 heterocycles. The highest BCUT2D eigenvalue weighted by Crippen LogP contribution is 2.33. The molecule has 6 rings (SSSR count). The van der Waals surface area contributed by atoms with Crippen LogP contribution in [0.15, 0.2) is 36.1 Å². The molecular formula is C45H77N5O5. The number of aliphatic hydroxyl groups is 1. The molecule has 3 N–H and O–H groups in total. The van der Waals surface area contributed by atoms with Gasteiger partial charge in [0.1, 0.15) is 6.04 Å². The summed E-state index contributed by atoms with van der Waals surface area (Å²) in [6.45, 7) is 8.77. The van der Waals surface area contributed by atoms with Crippen LogP contribution in [0.3, 0.4) is 0 Å². The number of rotatable bonds is 12. The molecule has 10 nitrogen and oxygen atoms in total. The Labute approximate surface area is 334 Å². The molecule has 4 aliphatic carbocycles. The molecule has 2 aliphatic heterocycles. The molecule has 0 radical (unpaired) electrons. The van der Waals surface area contributed by atoms with E-state index >= 15 is 0 Å². The van der Waals surface area contributed by atoms with Crippen molar-refractivity contribution in [2.24, 2.45) is 17.8 Å². The average molecular weight is 768 g/mol. The van der Waals surface area contributed by atoms with Gasteiger partial charge in [0.15, 0.2) is 0 Å². The third kappa shape index (κ3) is 16.1. The van der Waals surface area contributed by atoms with Gasteiger partial charge in [-0.2, -0.15) is 0 Å². The first-order chi connectivity index (χ1) is 26.4. The number of hydrogen-bond donors (Lipinski definition) is 3. The van der Waals surface area contributed by atoms with Gasteiger partial charge < -0.3 is 30.4 Å². The molecule has 312 valence electrons. The second-order valence-corrected chi connectivity index (χ2v) is 17.1. The number of likely N-dealkylation sites (tertiary alicyclic amines) is 1. The predicted octanol–water partition coefficient (Wildman–Crippen LogP) is 7.28. The number of likely N-dealkylation sites (N-methyl/N-ethyl adjacent to an activating group) is 2. The lowest BCUT2D eigenvalue weighted by Gasteiger charge is -2.32. The normalized spacial score (nSPS) is 26.5. The number of aliphatic hydroxyl groups excluding tert-OH is 1. The third-order valence-electron chi connectivity index (χ3n) is 12.5. The minimum Gasteiger partial charge on any atom is -0.391 e. The van der Waals surface area contributed by atoms with E-state index in [1.54, 1.807) is 37.7 Å². The van der Waals surface area contributed by atoms with E-state index < -0.39 is 18.1 Å². The highest BCUT2D eigenvalue weighted by Gasteiger charge is 2.39. The van der Waals surface area contributed by atoms with E-state index in [2.05, 4.69) is 37.3 Å². The summed E-state index contributed by atoms with van der Waals surface area (Å²) >= 11 is 0. The number of carbonyl (C=O) groups excluding carboxylic acids is 4. The zero-order valence-corrected chi connectivity index (χ0v) is 35.3. The van der Waals surface area contributed by atoms with Crippen LogP contribution >= 0.6 is 0 Å². The molecule has 4 amide bonds. The number of unbranched alkanes of at least 4 members (excludes halogenated alkanes) is 1. The van der Waals surface area contributed by atoms with Crippen LogP contribution < -0.4 is 10.6 Å².